The second-order valence-corrected chi connectivity index (χ2v) is 4.57. The maximum absolute atomic E-state index is 12.6. The molecule has 2 aromatic rings. The Morgan fingerprint density at radius 2 is 1.89 bits per heavy atom. The molecule has 2 N–H and O–H groups in total. The Balaban J connectivity index is 2.56. The summed E-state index contributed by atoms with van der Waals surface area (Å²) in [6.07, 6.45) is 0. The molecule has 0 aromatic heterocycles. The van der Waals surface area contributed by atoms with Crippen LogP contribution in [0.5, 0.6) is 5.75 Å². The van der Waals surface area contributed by atoms with Crippen LogP contribution in [0.4, 0.5) is 5.69 Å². The van der Waals surface area contributed by atoms with Crippen LogP contribution in [0.3, 0.4) is 0 Å². The molecule has 3 heteroatoms. The van der Waals surface area contributed by atoms with E-state index < -0.39 is 0 Å². The molecule has 0 aliphatic heterocycles. The molecule has 0 saturated carbocycles. The van der Waals surface area contributed by atoms with Gasteiger partial charge in [-0.25, -0.2) is 0 Å². The van der Waals surface area contributed by atoms with E-state index in [0.29, 0.717) is 22.6 Å². The fraction of sp³-hybridized carbons (Fsp3) is 0.188. The number of nitrogens with two attached hydrogens (primary N) is 1. The minimum atomic E-state index is -0.104. The van der Waals surface area contributed by atoms with Crippen molar-refractivity contribution < 1.29 is 9.53 Å². The molecule has 0 fully saturated rings. The second kappa shape index (κ2) is 5.14. The minimum absolute atomic E-state index is 0.104. The molecular formula is C16H17NO2. The monoisotopic (exact) mass is 255 g/mol. The molecule has 3 nitrogen and oxygen atoms in total. The number of ether oxygens (including phenoxy) is 1. The standard InChI is InChI=1S/C16H17NO2/c1-10-7-8-12(11(2)9-10)16(18)15-13(17)5-4-6-14(15)19-3/h4-9H,17H2,1-3H3. The van der Waals surface area contributed by atoms with Gasteiger partial charge < -0.3 is 10.5 Å². The predicted octanol–water partition coefficient (Wildman–Crippen LogP) is 3.13. The molecule has 0 saturated heterocycles. The lowest BCUT2D eigenvalue weighted by Gasteiger charge is -2.12. The minimum Gasteiger partial charge on any atom is -0.496 e. The van der Waals surface area contributed by atoms with Crippen LogP contribution in [-0.4, -0.2) is 12.9 Å². The van der Waals surface area contributed by atoms with E-state index in [-0.39, 0.29) is 5.78 Å². The summed E-state index contributed by atoms with van der Waals surface area (Å²) in [6.45, 7) is 3.92. The van der Waals surface area contributed by atoms with Crippen LogP contribution in [-0.2, 0) is 0 Å². The highest BCUT2D eigenvalue weighted by molar-refractivity contribution is 6.14. The third-order valence-corrected chi connectivity index (χ3v) is 3.13. The topological polar surface area (TPSA) is 52.3 Å². The number of carbonyl (C=O) groups is 1. The molecule has 0 spiro atoms. The van der Waals surface area contributed by atoms with Gasteiger partial charge in [-0.3, -0.25) is 4.79 Å². The number of carbonyl (C=O) groups excluding carboxylic acids is 1. The van der Waals surface area contributed by atoms with Crippen molar-refractivity contribution in [3.8, 4) is 5.75 Å². The number of methoxy groups -OCH3 is 1. The van der Waals surface area contributed by atoms with E-state index in [1.807, 2.05) is 32.0 Å². The molecule has 19 heavy (non-hydrogen) atoms. The summed E-state index contributed by atoms with van der Waals surface area (Å²) in [5.41, 5.74) is 9.50. The molecular weight excluding hydrogens is 238 g/mol. The largest absolute Gasteiger partial charge is 0.496 e. The zero-order chi connectivity index (χ0) is 14.0. The van der Waals surface area contributed by atoms with Crippen LogP contribution in [0.2, 0.25) is 0 Å². The van der Waals surface area contributed by atoms with Crippen molar-refractivity contribution in [1.82, 2.24) is 0 Å². The lowest BCUT2D eigenvalue weighted by molar-refractivity contribution is 0.103. The molecule has 0 aliphatic carbocycles. The van der Waals surface area contributed by atoms with Crippen molar-refractivity contribution >= 4 is 11.5 Å². The van der Waals surface area contributed by atoms with Gasteiger partial charge in [-0.05, 0) is 31.5 Å². The van der Waals surface area contributed by atoms with Crippen molar-refractivity contribution in [2.75, 3.05) is 12.8 Å². The highest BCUT2D eigenvalue weighted by Gasteiger charge is 2.19. The van der Waals surface area contributed by atoms with Crippen molar-refractivity contribution in [3.05, 3.63) is 58.7 Å². The van der Waals surface area contributed by atoms with Crippen molar-refractivity contribution in [2.45, 2.75) is 13.8 Å². The van der Waals surface area contributed by atoms with Crippen LogP contribution in [0.1, 0.15) is 27.0 Å². The number of hydrogen-bond donors (Lipinski definition) is 1. The SMILES string of the molecule is COc1cccc(N)c1C(=O)c1ccc(C)cc1C. The van der Waals surface area contributed by atoms with Crippen molar-refractivity contribution in [1.29, 1.82) is 0 Å². The zero-order valence-corrected chi connectivity index (χ0v) is 11.4. The Morgan fingerprint density at radius 1 is 1.16 bits per heavy atom. The van der Waals surface area contributed by atoms with Crippen LogP contribution < -0.4 is 10.5 Å². The summed E-state index contributed by atoms with van der Waals surface area (Å²) < 4.78 is 5.23. The van der Waals surface area contributed by atoms with E-state index in [1.54, 1.807) is 18.2 Å². The average molecular weight is 255 g/mol. The van der Waals surface area contributed by atoms with Crippen molar-refractivity contribution in [3.63, 3.8) is 0 Å². The summed E-state index contributed by atoms with van der Waals surface area (Å²) in [5, 5.41) is 0. The third-order valence-electron chi connectivity index (χ3n) is 3.13. The van der Waals surface area contributed by atoms with E-state index in [4.69, 9.17) is 10.5 Å². The summed E-state index contributed by atoms with van der Waals surface area (Å²) >= 11 is 0. The number of aryl methyl sites for hydroxylation is 2. The van der Waals surface area contributed by atoms with Crippen LogP contribution >= 0.6 is 0 Å². The molecule has 0 amide bonds. The molecule has 98 valence electrons. The number of anilines is 1. The van der Waals surface area contributed by atoms with E-state index in [1.165, 1.54) is 7.11 Å². The van der Waals surface area contributed by atoms with Gasteiger partial charge in [0.15, 0.2) is 5.78 Å². The molecule has 2 aromatic carbocycles. The molecule has 0 unspecified atom stereocenters. The third kappa shape index (κ3) is 2.45. The molecule has 2 rings (SSSR count). The number of benzene rings is 2. The van der Waals surface area contributed by atoms with E-state index in [2.05, 4.69) is 0 Å². The maximum Gasteiger partial charge on any atom is 0.199 e. The normalized spacial score (nSPS) is 10.3. The Bertz CT molecular complexity index is 633. The first-order chi connectivity index (χ1) is 9.04. The zero-order valence-electron chi connectivity index (χ0n) is 11.4. The van der Waals surface area contributed by atoms with Gasteiger partial charge in [-0.15, -0.1) is 0 Å². The smallest absolute Gasteiger partial charge is 0.199 e. The highest BCUT2D eigenvalue weighted by atomic mass is 16.5. The Morgan fingerprint density at radius 3 is 2.53 bits per heavy atom. The summed E-state index contributed by atoms with van der Waals surface area (Å²) in [4.78, 5) is 12.6. The molecule has 0 atom stereocenters. The molecule has 0 bridgehead atoms. The second-order valence-electron chi connectivity index (χ2n) is 4.57. The van der Waals surface area contributed by atoms with Gasteiger partial charge in [0.05, 0.1) is 12.7 Å². The lowest BCUT2D eigenvalue weighted by Crippen LogP contribution is -2.09. The fourth-order valence-corrected chi connectivity index (χ4v) is 2.16. The maximum atomic E-state index is 12.6. The van der Waals surface area contributed by atoms with Gasteiger partial charge >= 0.3 is 0 Å². The first-order valence-electron chi connectivity index (χ1n) is 6.09. The van der Waals surface area contributed by atoms with E-state index in [9.17, 15) is 4.79 Å². The predicted molar refractivity (Wildman–Crippen MR) is 76.8 cm³/mol. The van der Waals surface area contributed by atoms with Gasteiger partial charge in [0.2, 0.25) is 0 Å². The summed E-state index contributed by atoms with van der Waals surface area (Å²) in [7, 11) is 1.54. The van der Waals surface area contributed by atoms with E-state index >= 15 is 0 Å². The van der Waals surface area contributed by atoms with Crippen LogP contribution in [0.15, 0.2) is 36.4 Å². The first kappa shape index (κ1) is 13.1. The molecule has 0 aliphatic rings. The van der Waals surface area contributed by atoms with E-state index in [0.717, 1.165) is 11.1 Å². The van der Waals surface area contributed by atoms with Crippen molar-refractivity contribution in [2.24, 2.45) is 0 Å². The van der Waals surface area contributed by atoms with Crippen LogP contribution in [0.25, 0.3) is 0 Å². The number of ketones is 1. The highest BCUT2D eigenvalue weighted by Crippen LogP contribution is 2.28. The van der Waals surface area contributed by atoms with Gasteiger partial charge in [0.1, 0.15) is 5.75 Å². The van der Waals surface area contributed by atoms with Gasteiger partial charge in [0.25, 0.3) is 0 Å². The Kier molecular flexibility index (Phi) is 3.56. The Labute approximate surface area is 113 Å². The number of nitrogen functional groups attached to an aromatic ring is 1. The van der Waals surface area contributed by atoms with Crippen LogP contribution in [0, 0.1) is 13.8 Å². The molecule has 0 radical (unpaired) electrons. The van der Waals surface area contributed by atoms with Gasteiger partial charge in [-0.2, -0.15) is 0 Å². The summed E-state index contributed by atoms with van der Waals surface area (Å²) in [5.74, 6) is 0.400. The quantitative estimate of drug-likeness (QED) is 0.677. The van der Waals surface area contributed by atoms with Gasteiger partial charge in [0, 0.05) is 11.3 Å². The number of rotatable bonds is 3. The van der Waals surface area contributed by atoms with Gasteiger partial charge in [-0.1, -0.05) is 29.8 Å². The average Bonchev–Trinajstić information content (AvgIpc) is 2.37. The first-order valence-corrected chi connectivity index (χ1v) is 6.09. The summed E-state index contributed by atoms with van der Waals surface area (Å²) in [6, 6.07) is 11.0. The Hall–Kier alpha value is -2.29. The lowest BCUT2D eigenvalue weighted by atomic mass is 9.96. The molecule has 0 heterocycles. The fourth-order valence-electron chi connectivity index (χ4n) is 2.16. The number of hydrogen-bond acceptors (Lipinski definition) is 3.